The molecule has 0 radical (unpaired) electrons. The van der Waals surface area contributed by atoms with Gasteiger partial charge in [0.15, 0.2) is 5.16 Å². The molecule has 0 fully saturated rings. The lowest BCUT2D eigenvalue weighted by Crippen LogP contribution is -2.14. The largest absolute Gasteiger partial charge is 0.337 e. The summed E-state index contributed by atoms with van der Waals surface area (Å²) < 4.78 is 8.42. The Morgan fingerprint density at radius 1 is 1.15 bits per heavy atom. The number of anilines is 1. The SMILES string of the molecule is Cc1[nH]c(SCC(=O)Nc2cccc3nsnc23)nc1Cc1ccccc1. The Balaban J connectivity index is 1.38. The Bertz CT molecular complexity index is 1070. The van der Waals surface area contributed by atoms with Gasteiger partial charge in [-0.1, -0.05) is 48.2 Å². The Morgan fingerprint density at radius 3 is 2.85 bits per heavy atom. The molecule has 4 aromatic rings. The van der Waals surface area contributed by atoms with Crippen LogP contribution in [0.15, 0.2) is 53.7 Å². The Morgan fingerprint density at radius 2 is 2.00 bits per heavy atom. The van der Waals surface area contributed by atoms with E-state index in [2.05, 4.69) is 36.2 Å². The van der Waals surface area contributed by atoms with Crippen molar-refractivity contribution in [3.05, 3.63) is 65.5 Å². The van der Waals surface area contributed by atoms with Crippen LogP contribution in [0.1, 0.15) is 17.0 Å². The maximum absolute atomic E-state index is 12.3. The minimum atomic E-state index is -0.0980. The van der Waals surface area contributed by atoms with E-state index in [4.69, 9.17) is 0 Å². The fourth-order valence-corrected chi connectivity index (χ4v) is 4.01. The Labute approximate surface area is 164 Å². The molecule has 2 heterocycles. The second-order valence-electron chi connectivity index (χ2n) is 6.05. The van der Waals surface area contributed by atoms with Crippen molar-refractivity contribution in [2.45, 2.75) is 18.5 Å². The van der Waals surface area contributed by atoms with E-state index in [1.807, 2.05) is 43.3 Å². The van der Waals surface area contributed by atoms with E-state index in [1.165, 1.54) is 17.3 Å². The highest BCUT2D eigenvalue weighted by Gasteiger charge is 2.12. The van der Waals surface area contributed by atoms with E-state index in [0.29, 0.717) is 5.69 Å². The van der Waals surface area contributed by atoms with Crippen molar-refractivity contribution in [3.63, 3.8) is 0 Å². The summed E-state index contributed by atoms with van der Waals surface area (Å²) in [6.45, 7) is 2.01. The molecule has 0 aliphatic rings. The predicted octanol–water partition coefficient (Wildman–Crippen LogP) is 4.04. The summed E-state index contributed by atoms with van der Waals surface area (Å²) in [7, 11) is 0. The average Bonchev–Trinajstić information content (AvgIpc) is 3.28. The molecule has 0 aliphatic heterocycles. The van der Waals surface area contributed by atoms with Gasteiger partial charge in [0.25, 0.3) is 0 Å². The number of carbonyl (C=O) groups is 1. The summed E-state index contributed by atoms with van der Waals surface area (Å²) >= 11 is 2.53. The minimum absolute atomic E-state index is 0.0980. The van der Waals surface area contributed by atoms with E-state index < -0.39 is 0 Å². The Kier molecular flexibility index (Phi) is 5.17. The first-order valence-corrected chi connectivity index (χ1v) is 10.1. The van der Waals surface area contributed by atoms with Crippen molar-refractivity contribution in [3.8, 4) is 0 Å². The molecule has 6 nitrogen and oxygen atoms in total. The van der Waals surface area contributed by atoms with Gasteiger partial charge in [-0.2, -0.15) is 8.75 Å². The van der Waals surface area contributed by atoms with E-state index in [-0.39, 0.29) is 11.7 Å². The molecule has 27 heavy (non-hydrogen) atoms. The van der Waals surface area contributed by atoms with Crippen LogP contribution in [0.4, 0.5) is 5.69 Å². The van der Waals surface area contributed by atoms with E-state index in [1.54, 1.807) is 0 Å². The first kappa shape index (κ1) is 17.7. The maximum Gasteiger partial charge on any atom is 0.234 e. The molecule has 0 atom stereocenters. The van der Waals surface area contributed by atoms with Gasteiger partial charge in [-0.3, -0.25) is 4.79 Å². The predicted molar refractivity (Wildman–Crippen MR) is 109 cm³/mol. The molecular weight excluding hydrogens is 378 g/mol. The summed E-state index contributed by atoms with van der Waals surface area (Å²) in [6.07, 6.45) is 0.773. The Hall–Kier alpha value is -2.71. The van der Waals surface area contributed by atoms with Gasteiger partial charge in [-0.05, 0) is 24.6 Å². The smallest absolute Gasteiger partial charge is 0.234 e. The number of H-pyrrole nitrogens is 1. The number of carbonyl (C=O) groups excluding carboxylic acids is 1. The number of amides is 1. The van der Waals surface area contributed by atoms with Crippen LogP contribution in [0, 0.1) is 6.92 Å². The van der Waals surface area contributed by atoms with Crippen molar-refractivity contribution in [1.29, 1.82) is 0 Å². The van der Waals surface area contributed by atoms with Gasteiger partial charge >= 0.3 is 0 Å². The number of fused-ring (bicyclic) bond motifs is 1. The number of benzene rings is 2. The van der Waals surface area contributed by atoms with E-state index in [9.17, 15) is 4.79 Å². The number of aryl methyl sites for hydroxylation is 1. The zero-order valence-corrected chi connectivity index (χ0v) is 16.2. The van der Waals surface area contributed by atoms with Gasteiger partial charge in [0.2, 0.25) is 5.91 Å². The molecule has 2 aromatic heterocycles. The fraction of sp³-hybridized carbons (Fsp3) is 0.158. The molecule has 0 unspecified atom stereocenters. The number of thioether (sulfide) groups is 1. The molecule has 136 valence electrons. The molecule has 0 saturated carbocycles. The molecule has 0 saturated heterocycles. The van der Waals surface area contributed by atoms with Gasteiger partial charge in [0, 0.05) is 12.1 Å². The molecule has 4 rings (SSSR count). The van der Waals surface area contributed by atoms with Crippen molar-refractivity contribution in [2.75, 3.05) is 11.1 Å². The lowest BCUT2D eigenvalue weighted by atomic mass is 10.1. The van der Waals surface area contributed by atoms with Gasteiger partial charge < -0.3 is 10.3 Å². The summed E-state index contributed by atoms with van der Waals surface area (Å²) in [4.78, 5) is 20.2. The zero-order valence-electron chi connectivity index (χ0n) is 14.6. The van der Waals surface area contributed by atoms with Gasteiger partial charge in [0.1, 0.15) is 11.0 Å². The van der Waals surface area contributed by atoms with Crippen LogP contribution < -0.4 is 5.32 Å². The first-order valence-electron chi connectivity index (χ1n) is 8.42. The first-order chi connectivity index (χ1) is 13.2. The molecule has 8 heteroatoms. The van der Waals surface area contributed by atoms with E-state index in [0.717, 1.165) is 45.7 Å². The molecule has 2 aromatic carbocycles. The highest BCUT2D eigenvalue weighted by atomic mass is 32.2. The average molecular weight is 396 g/mol. The van der Waals surface area contributed by atoms with Crippen LogP contribution in [-0.4, -0.2) is 30.4 Å². The number of hydrogen-bond donors (Lipinski definition) is 2. The molecular formula is C19H17N5OS2. The number of nitrogens with one attached hydrogen (secondary N) is 2. The van der Waals surface area contributed by atoms with Crippen LogP contribution in [-0.2, 0) is 11.2 Å². The second-order valence-corrected chi connectivity index (χ2v) is 7.54. The van der Waals surface area contributed by atoms with Gasteiger partial charge in [-0.25, -0.2) is 4.98 Å². The van der Waals surface area contributed by atoms with Crippen molar-refractivity contribution in [2.24, 2.45) is 0 Å². The third kappa shape index (κ3) is 4.17. The molecule has 1 amide bonds. The molecule has 0 bridgehead atoms. The number of nitrogens with zero attached hydrogens (tertiary/aromatic N) is 3. The number of imidazole rings is 1. The number of hydrogen-bond acceptors (Lipinski definition) is 6. The van der Waals surface area contributed by atoms with Crippen LogP contribution in [0.3, 0.4) is 0 Å². The number of aromatic amines is 1. The quantitative estimate of drug-likeness (QED) is 0.481. The summed E-state index contributed by atoms with van der Waals surface area (Å²) in [5.41, 5.74) is 5.44. The summed E-state index contributed by atoms with van der Waals surface area (Å²) in [6, 6.07) is 15.8. The van der Waals surface area contributed by atoms with E-state index >= 15 is 0 Å². The highest BCUT2D eigenvalue weighted by molar-refractivity contribution is 7.99. The zero-order chi connectivity index (χ0) is 18.6. The lowest BCUT2D eigenvalue weighted by Gasteiger charge is -2.04. The standard InChI is InChI=1S/C19H17N5OS2/c1-12-16(10-13-6-3-2-4-7-13)22-19(20-12)26-11-17(25)21-14-8-5-9-15-18(14)24-27-23-15/h2-9H,10-11H2,1H3,(H,20,22)(H,21,25). The fourth-order valence-electron chi connectivity index (χ4n) is 2.72. The highest BCUT2D eigenvalue weighted by Crippen LogP contribution is 2.23. The normalized spacial score (nSPS) is 11.0. The van der Waals surface area contributed by atoms with Crippen LogP contribution in [0.25, 0.3) is 11.0 Å². The minimum Gasteiger partial charge on any atom is -0.337 e. The lowest BCUT2D eigenvalue weighted by molar-refractivity contribution is -0.113. The maximum atomic E-state index is 12.3. The summed E-state index contributed by atoms with van der Waals surface area (Å²) in [5, 5.41) is 3.66. The molecule has 0 aliphatic carbocycles. The monoisotopic (exact) mass is 395 g/mol. The number of aromatic nitrogens is 4. The van der Waals surface area contributed by atoms with Crippen LogP contribution in [0.5, 0.6) is 0 Å². The van der Waals surface area contributed by atoms with Gasteiger partial charge in [-0.15, -0.1) is 0 Å². The molecule has 2 N–H and O–H groups in total. The summed E-state index contributed by atoms with van der Waals surface area (Å²) in [5.74, 6) is 0.172. The van der Waals surface area contributed by atoms with Crippen molar-refractivity contribution < 1.29 is 4.79 Å². The third-order valence-corrected chi connectivity index (χ3v) is 5.49. The topological polar surface area (TPSA) is 83.6 Å². The third-order valence-electron chi connectivity index (χ3n) is 4.08. The van der Waals surface area contributed by atoms with Crippen LogP contribution in [0.2, 0.25) is 0 Å². The number of rotatable bonds is 6. The van der Waals surface area contributed by atoms with Crippen molar-refractivity contribution >= 4 is 46.1 Å². The van der Waals surface area contributed by atoms with Crippen LogP contribution >= 0.6 is 23.5 Å². The molecule has 0 spiro atoms. The second kappa shape index (κ2) is 7.89. The van der Waals surface area contributed by atoms with Gasteiger partial charge in [0.05, 0.1) is 28.9 Å². The van der Waals surface area contributed by atoms with Crippen molar-refractivity contribution in [1.82, 2.24) is 18.7 Å².